The molecule has 0 amide bonds. The lowest BCUT2D eigenvalue weighted by Gasteiger charge is -2.26. The topological polar surface area (TPSA) is 3.24 Å². The quantitative estimate of drug-likeness (QED) is 0.759. The van der Waals surface area contributed by atoms with Gasteiger partial charge in [0.2, 0.25) is 0 Å². The van der Waals surface area contributed by atoms with Crippen molar-refractivity contribution in [2.24, 2.45) is 0 Å². The Kier molecular flexibility index (Phi) is 4.61. The van der Waals surface area contributed by atoms with Gasteiger partial charge in [-0.05, 0) is 56.0 Å². The highest BCUT2D eigenvalue weighted by molar-refractivity contribution is 5.31. The van der Waals surface area contributed by atoms with E-state index in [0.717, 1.165) is 6.54 Å². The third kappa shape index (κ3) is 3.57. The minimum atomic E-state index is 1.15. The molecule has 0 N–H and O–H groups in total. The number of piperidine rings is 1. The predicted molar refractivity (Wildman–Crippen MR) is 74.3 cm³/mol. The molecule has 0 spiro atoms. The molecular formula is C16H25N. The maximum atomic E-state index is 2.60. The summed E-state index contributed by atoms with van der Waals surface area (Å²) in [5.41, 5.74) is 4.49. The lowest BCUT2D eigenvalue weighted by atomic mass is 10.0. The molecule has 94 valence electrons. The Hall–Kier alpha value is -0.820. The van der Waals surface area contributed by atoms with Gasteiger partial charge in [0.05, 0.1) is 0 Å². The fourth-order valence-electron chi connectivity index (χ4n) is 2.78. The van der Waals surface area contributed by atoms with Crippen molar-refractivity contribution >= 4 is 0 Å². The fraction of sp³-hybridized carbons (Fsp3) is 0.625. The molecule has 17 heavy (non-hydrogen) atoms. The summed E-state index contributed by atoms with van der Waals surface area (Å²) in [5, 5.41) is 0. The molecule has 0 bridgehead atoms. The van der Waals surface area contributed by atoms with Crippen molar-refractivity contribution in [3.8, 4) is 0 Å². The van der Waals surface area contributed by atoms with Crippen LogP contribution in [0.4, 0.5) is 0 Å². The zero-order valence-corrected chi connectivity index (χ0v) is 11.3. The summed E-state index contributed by atoms with van der Waals surface area (Å²) in [7, 11) is 0. The summed E-state index contributed by atoms with van der Waals surface area (Å²) >= 11 is 0. The summed E-state index contributed by atoms with van der Waals surface area (Å²) in [6.07, 6.45) is 6.65. The van der Waals surface area contributed by atoms with Gasteiger partial charge in [-0.2, -0.15) is 0 Å². The molecule has 0 saturated carbocycles. The molecule has 0 atom stereocenters. The number of aryl methyl sites for hydroxylation is 2. The molecule has 0 aromatic heterocycles. The van der Waals surface area contributed by atoms with E-state index in [1.54, 1.807) is 0 Å². The molecule has 1 heterocycles. The number of likely N-dealkylation sites (tertiary alicyclic amines) is 1. The molecule has 2 rings (SSSR count). The highest BCUT2D eigenvalue weighted by Crippen LogP contribution is 2.17. The van der Waals surface area contributed by atoms with Gasteiger partial charge in [-0.3, -0.25) is 4.90 Å². The molecule has 1 aromatic rings. The van der Waals surface area contributed by atoms with Crippen LogP contribution >= 0.6 is 0 Å². The minimum absolute atomic E-state index is 1.15. The maximum Gasteiger partial charge on any atom is 0.0233 e. The van der Waals surface area contributed by atoms with Crippen LogP contribution in [0, 0.1) is 6.92 Å². The molecular weight excluding hydrogens is 206 g/mol. The third-order valence-corrected chi connectivity index (χ3v) is 3.78. The van der Waals surface area contributed by atoms with Crippen molar-refractivity contribution in [2.45, 2.75) is 52.5 Å². The van der Waals surface area contributed by atoms with Gasteiger partial charge in [0.15, 0.2) is 0 Å². The van der Waals surface area contributed by atoms with Crippen molar-refractivity contribution in [3.05, 3.63) is 34.9 Å². The Morgan fingerprint density at radius 3 is 2.53 bits per heavy atom. The summed E-state index contributed by atoms with van der Waals surface area (Å²) in [4.78, 5) is 2.60. The van der Waals surface area contributed by atoms with Gasteiger partial charge < -0.3 is 0 Å². The highest BCUT2D eigenvalue weighted by atomic mass is 15.1. The van der Waals surface area contributed by atoms with E-state index in [1.165, 1.54) is 61.9 Å². The normalized spacial score (nSPS) is 17.3. The van der Waals surface area contributed by atoms with E-state index in [2.05, 4.69) is 36.9 Å². The van der Waals surface area contributed by atoms with E-state index >= 15 is 0 Å². The van der Waals surface area contributed by atoms with Gasteiger partial charge in [0, 0.05) is 6.54 Å². The maximum absolute atomic E-state index is 2.60. The summed E-state index contributed by atoms with van der Waals surface area (Å²) in [6, 6.07) is 7.05. The standard InChI is InChI=1S/C16H25N/c1-3-7-16-9-8-15(12-14(16)2)13-17-10-5-4-6-11-17/h8-9,12H,3-7,10-11,13H2,1-2H3. The summed E-state index contributed by atoms with van der Waals surface area (Å²) < 4.78 is 0. The van der Waals surface area contributed by atoms with Crippen LogP contribution in [-0.4, -0.2) is 18.0 Å². The molecule has 0 aliphatic carbocycles. The first-order valence-electron chi connectivity index (χ1n) is 7.10. The van der Waals surface area contributed by atoms with Crippen LogP contribution in [0.3, 0.4) is 0 Å². The van der Waals surface area contributed by atoms with Gasteiger partial charge in [-0.1, -0.05) is 38.0 Å². The van der Waals surface area contributed by atoms with Crippen LogP contribution in [-0.2, 0) is 13.0 Å². The average molecular weight is 231 g/mol. The summed E-state index contributed by atoms with van der Waals surface area (Å²) in [6.45, 7) is 8.23. The van der Waals surface area contributed by atoms with Crippen LogP contribution in [0.25, 0.3) is 0 Å². The van der Waals surface area contributed by atoms with Crippen molar-refractivity contribution in [2.75, 3.05) is 13.1 Å². The Labute approximate surface area is 106 Å². The Morgan fingerprint density at radius 2 is 1.88 bits per heavy atom. The number of benzene rings is 1. The summed E-state index contributed by atoms with van der Waals surface area (Å²) in [5.74, 6) is 0. The monoisotopic (exact) mass is 231 g/mol. The average Bonchev–Trinajstić information content (AvgIpc) is 2.34. The van der Waals surface area contributed by atoms with Crippen LogP contribution in [0.2, 0.25) is 0 Å². The third-order valence-electron chi connectivity index (χ3n) is 3.78. The molecule has 1 heteroatoms. The number of hydrogen-bond donors (Lipinski definition) is 0. The lowest BCUT2D eigenvalue weighted by Crippen LogP contribution is -2.29. The largest absolute Gasteiger partial charge is 0.299 e. The van der Waals surface area contributed by atoms with Crippen LogP contribution in [0.15, 0.2) is 18.2 Å². The van der Waals surface area contributed by atoms with E-state index in [1.807, 2.05) is 0 Å². The van der Waals surface area contributed by atoms with Crippen LogP contribution in [0.5, 0.6) is 0 Å². The molecule has 1 fully saturated rings. The van der Waals surface area contributed by atoms with E-state index in [4.69, 9.17) is 0 Å². The fourth-order valence-corrected chi connectivity index (χ4v) is 2.78. The van der Waals surface area contributed by atoms with Crippen molar-refractivity contribution in [1.82, 2.24) is 4.90 Å². The van der Waals surface area contributed by atoms with Gasteiger partial charge >= 0.3 is 0 Å². The van der Waals surface area contributed by atoms with Gasteiger partial charge in [0.1, 0.15) is 0 Å². The smallest absolute Gasteiger partial charge is 0.0233 e. The van der Waals surface area contributed by atoms with E-state index in [0.29, 0.717) is 0 Å². The Bertz CT molecular complexity index is 351. The molecule has 1 saturated heterocycles. The van der Waals surface area contributed by atoms with Gasteiger partial charge in [0.25, 0.3) is 0 Å². The zero-order valence-electron chi connectivity index (χ0n) is 11.3. The first-order chi connectivity index (χ1) is 8.29. The molecule has 0 radical (unpaired) electrons. The van der Waals surface area contributed by atoms with Gasteiger partial charge in [-0.15, -0.1) is 0 Å². The van der Waals surface area contributed by atoms with Crippen molar-refractivity contribution in [3.63, 3.8) is 0 Å². The highest BCUT2D eigenvalue weighted by Gasteiger charge is 2.10. The van der Waals surface area contributed by atoms with E-state index in [9.17, 15) is 0 Å². The number of rotatable bonds is 4. The predicted octanol–water partition coefficient (Wildman–Crippen LogP) is 3.93. The second-order valence-electron chi connectivity index (χ2n) is 5.35. The van der Waals surface area contributed by atoms with Crippen LogP contribution < -0.4 is 0 Å². The van der Waals surface area contributed by atoms with E-state index in [-0.39, 0.29) is 0 Å². The Morgan fingerprint density at radius 1 is 1.12 bits per heavy atom. The zero-order chi connectivity index (χ0) is 12.1. The van der Waals surface area contributed by atoms with E-state index < -0.39 is 0 Å². The molecule has 1 aliphatic heterocycles. The van der Waals surface area contributed by atoms with Crippen LogP contribution in [0.1, 0.15) is 49.3 Å². The second kappa shape index (κ2) is 6.20. The first kappa shape index (κ1) is 12.6. The Balaban J connectivity index is 1.98. The molecule has 1 nitrogen and oxygen atoms in total. The van der Waals surface area contributed by atoms with Crippen molar-refractivity contribution in [1.29, 1.82) is 0 Å². The second-order valence-corrected chi connectivity index (χ2v) is 5.35. The molecule has 1 aromatic carbocycles. The first-order valence-corrected chi connectivity index (χ1v) is 7.10. The number of hydrogen-bond acceptors (Lipinski definition) is 1. The number of nitrogens with zero attached hydrogens (tertiary/aromatic N) is 1. The minimum Gasteiger partial charge on any atom is -0.299 e. The van der Waals surface area contributed by atoms with Crippen molar-refractivity contribution < 1.29 is 0 Å². The lowest BCUT2D eigenvalue weighted by molar-refractivity contribution is 0.221. The molecule has 0 unspecified atom stereocenters. The SMILES string of the molecule is CCCc1ccc(CN2CCCCC2)cc1C. The molecule has 1 aliphatic rings. The van der Waals surface area contributed by atoms with Gasteiger partial charge in [-0.25, -0.2) is 0 Å².